The van der Waals surface area contributed by atoms with Gasteiger partial charge in [0, 0.05) is 31.0 Å². The minimum Gasteiger partial charge on any atom is -0.335 e. The zero-order valence-corrected chi connectivity index (χ0v) is 16.3. The number of rotatable bonds is 5. The van der Waals surface area contributed by atoms with E-state index in [-0.39, 0.29) is 0 Å². The Morgan fingerprint density at radius 3 is 2.58 bits per heavy atom. The molecule has 4 nitrogen and oxygen atoms in total. The molecule has 140 valence electrons. The average molecular weight is 353 g/mol. The summed E-state index contributed by atoms with van der Waals surface area (Å²) in [4.78, 5) is 9.65. The van der Waals surface area contributed by atoms with Crippen molar-refractivity contribution < 1.29 is 0 Å². The third kappa shape index (κ3) is 3.58. The highest BCUT2D eigenvalue weighted by molar-refractivity contribution is 5.23. The van der Waals surface area contributed by atoms with Crippen molar-refractivity contribution in [1.82, 2.24) is 19.4 Å². The molecule has 2 aromatic rings. The molecule has 1 atom stereocenters. The van der Waals surface area contributed by atoms with Crippen molar-refractivity contribution in [2.45, 2.75) is 50.6 Å². The fourth-order valence-electron chi connectivity index (χ4n) is 5.04. The lowest BCUT2D eigenvalue weighted by molar-refractivity contribution is 0.0696. The second-order valence-corrected chi connectivity index (χ2v) is 8.28. The zero-order valence-electron chi connectivity index (χ0n) is 16.3. The Kier molecular flexibility index (Phi) is 5.14. The molecule has 2 saturated heterocycles. The second kappa shape index (κ2) is 7.53. The van der Waals surface area contributed by atoms with Gasteiger partial charge in [0.15, 0.2) is 0 Å². The number of likely N-dealkylation sites (N-methyl/N-ethyl adjacent to an activating group) is 1. The molecule has 1 unspecified atom stereocenters. The van der Waals surface area contributed by atoms with Gasteiger partial charge in [-0.15, -0.1) is 0 Å². The van der Waals surface area contributed by atoms with Crippen molar-refractivity contribution in [3.05, 3.63) is 54.1 Å². The molecule has 1 aromatic carbocycles. The lowest BCUT2D eigenvalue weighted by Gasteiger charge is -2.43. The van der Waals surface area contributed by atoms with Crippen molar-refractivity contribution in [2.75, 3.05) is 33.2 Å². The first-order valence-electron chi connectivity index (χ1n) is 10.1. The quantitative estimate of drug-likeness (QED) is 0.823. The largest absolute Gasteiger partial charge is 0.335 e. The van der Waals surface area contributed by atoms with Gasteiger partial charge in [-0.2, -0.15) is 0 Å². The van der Waals surface area contributed by atoms with E-state index in [9.17, 15) is 0 Å². The van der Waals surface area contributed by atoms with Crippen LogP contribution in [0.4, 0.5) is 0 Å². The Labute approximate surface area is 157 Å². The van der Waals surface area contributed by atoms with Crippen molar-refractivity contribution in [3.8, 4) is 0 Å². The number of aromatic nitrogens is 2. The number of piperidine rings is 1. The van der Waals surface area contributed by atoms with Crippen LogP contribution in [0, 0.1) is 6.92 Å². The predicted octanol–water partition coefficient (Wildman–Crippen LogP) is 3.54. The molecular formula is C22H32N4. The Bertz CT molecular complexity index is 700. The number of nitrogens with zero attached hydrogens (tertiary/aromatic N) is 4. The molecule has 0 amide bonds. The molecule has 2 aliphatic heterocycles. The Hall–Kier alpha value is -1.65. The minimum absolute atomic E-state index is 0.429. The van der Waals surface area contributed by atoms with Crippen LogP contribution in [0.25, 0.3) is 0 Å². The Morgan fingerprint density at radius 1 is 1.12 bits per heavy atom. The molecule has 0 aliphatic carbocycles. The van der Waals surface area contributed by atoms with Crippen molar-refractivity contribution in [2.24, 2.45) is 0 Å². The highest BCUT2D eigenvalue weighted by Gasteiger charge is 2.45. The van der Waals surface area contributed by atoms with E-state index in [2.05, 4.69) is 69.9 Å². The first-order chi connectivity index (χ1) is 12.7. The monoisotopic (exact) mass is 352 g/mol. The highest BCUT2D eigenvalue weighted by atomic mass is 15.2. The molecule has 3 heterocycles. The van der Waals surface area contributed by atoms with Crippen LogP contribution in [0.1, 0.15) is 43.0 Å². The fraction of sp³-hybridized carbons (Fsp3) is 0.591. The summed E-state index contributed by atoms with van der Waals surface area (Å²) in [7, 11) is 2.35. The van der Waals surface area contributed by atoms with Crippen LogP contribution in [0.3, 0.4) is 0 Å². The van der Waals surface area contributed by atoms with Crippen LogP contribution in [0.2, 0.25) is 0 Å². The maximum atomic E-state index is 4.31. The highest BCUT2D eigenvalue weighted by Crippen LogP contribution is 2.43. The number of hydrogen-bond acceptors (Lipinski definition) is 3. The maximum absolute atomic E-state index is 4.31. The summed E-state index contributed by atoms with van der Waals surface area (Å²) in [6.07, 6.45) is 9.17. The van der Waals surface area contributed by atoms with Gasteiger partial charge in [0.1, 0.15) is 5.82 Å². The van der Waals surface area contributed by atoms with E-state index in [0.717, 1.165) is 12.4 Å². The van der Waals surface area contributed by atoms with Gasteiger partial charge in [0.05, 0.1) is 0 Å². The minimum atomic E-state index is 0.429. The molecular weight excluding hydrogens is 320 g/mol. The molecule has 26 heavy (non-hydrogen) atoms. The van der Waals surface area contributed by atoms with E-state index in [4.69, 9.17) is 0 Å². The number of benzene rings is 1. The van der Waals surface area contributed by atoms with Crippen LogP contribution >= 0.6 is 0 Å². The topological polar surface area (TPSA) is 24.3 Å². The van der Waals surface area contributed by atoms with Gasteiger partial charge in [0.2, 0.25) is 0 Å². The van der Waals surface area contributed by atoms with Gasteiger partial charge in [-0.3, -0.25) is 4.90 Å². The summed E-state index contributed by atoms with van der Waals surface area (Å²) >= 11 is 0. The Balaban J connectivity index is 1.28. The molecule has 0 radical (unpaired) electrons. The third-order valence-electron chi connectivity index (χ3n) is 6.79. The van der Waals surface area contributed by atoms with Gasteiger partial charge in [-0.1, -0.05) is 30.3 Å². The van der Waals surface area contributed by atoms with E-state index in [1.807, 2.05) is 6.20 Å². The molecule has 0 saturated carbocycles. The standard InChI is InChI=1S/C22H32N4/c1-19-23-11-16-26(19)13-6-12-25-14-9-22(10-15-25)17-21(18-24(22)2)20-7-4-3-5-8-20/h3-5,7-8,11,16,21H,6,9-10,12-15,17-18H2,1-2H3. The normalized spacial score (nSPS) is 23.7. The molecule has 1 aromatic heterocycles. The van der Waals surface area contributed by atoms with Crippen LogP contribution in [-0.4, -0.2) is 58.1 Å². The first-order valence-corrected chi connectivity index (χ1v) is 10.1. The third-order valence-corrected chi connectivity index (χ3v) is 6.79. The van der Waals surface area contributed by atoms with Crippen molar-refractivity contribution in [1.29, 1.82) is 0 Å². The fourth-order valence-corrected chi connectivity index (χ4v) is 5.04. The molecule has 2 aliphatic rings. The van der Waals surface area contributed by atoms with Crippen LogP contribution in [-0.2, 0) is 6.54 Å². The molecule has 4 rings (SSSR count). The zero-order chi connectivity index (χ0) is 18.0. The van der Waals surface area contributed by atoms with Crippen molar-refractivity contribution >= 4 is 0 Å². The van der Waals surface area contributed by atoms with Gasteiger partial charge in [0.25, 0.3) is 0 Å². The number of likely N-dealkylation sites (tertiary alicyclic amines) is 2. The summed E-state index contributed by atoms with van der Waals surface area (Å²) in [5.74, 6) is 1.83. The smallest absolute Gasteiger partial charge is 0.105 e. The summed E-state index contributed by atoms with van der Waals surface area (Å²) < 4.78 is 2.26. The van der Waals surface area contributed by atoms with Gasteiger partial charge in [-0.25, -0.2) is 4.98 Å². The van der Waals surface area contributed by atoms with E-state index >= 15 is 0 Å². The maximum Gasteiger partial charge on any atom is 0.105 e. The summed E-state index contributed by atoms with van der Waals surface area (Å²) in [6.45, 7) is 8.08. The van der Waals surface area contributed by atoms with E-state index < -0.39 is 0 Å². The van der Waals surface area contributed by atoms with Gasteiger partial charge < -0.3 is 9.47 Å². The lowest BCUT2D eigenvalue weighted by Crippen LogP contribution is -2.50. The predicted molar refractivity (Wildman–Crippen MR) is 106 cm³/mol. The summed E-state index contributed by atoms with van der Waals surface area (Å²) in [5.41, 5.74) is 1.95. The summed E-state index contributed by atoms with van der Waals surface area (Å²) in [5, 5.41) is 0. The first kappa shape index (κ1) is 17.7. The molecule has 0 bridgehead atoms. The second-order valence-electron chi connectivity index (χ2n) is 8.28. The molecule has 1 spiro atoms. The molecule has 2 fully saturated rings. The molecule has 0 N–H and O–H groups in total. The number of hydrogen-bond donors (Lipinski definition) is 0. The van der Waals surface area contributed by atoms with Crippen LogP contribution < -0.4 is 0 Å². The number of aryl methyl sites for hydroxylation is 2. The van der Waals surface area contributed by atoms with Gasteiger partial charge >= 0.3 is 0 Å². The van der Waals surface area contributed by atoms with Gasteiger partial charge in [-0.05, 0) is 70.8 Å². The van der Waals surface area contributed by atoms with E-state index in [0.29, 0.717) is 11.5 Å². The van der Waals surface area contributed by atoms with Crippen LogP contribution in [0.15, 0.2) is 42.7 Å². The van der Waals surface area contributed by atoms with E-state index in [1.165, 1.54) is 57.4 Å². The van der Waals surface area contributed by atoms with Crippen LogP contribution in [0.5, 0.6) is 0 Å². The summed E-state index contributed by atoms with van der Waals surface area (Å²) in [6, 6.07) is 11.1. The van der Waals surface area contributed by atoms with E-state index in [1.54, 1.807) is 0 Å². The number of imidazole rings is 1. The van der Waals surface area contributed by atoms with Crippen molar-refractivity contribution in [3.63, 3.8) is 0 Å². The molecule has 4 heteroatoms. The SMILES string of the molecule is Cc1nccn1CCCN1CCC2(CC1)CC(c1ccccc1)CN2C. The Morgan fingerprint density at radius 2 is 1.88 bits per heavy atom. The average Bonchev–Trinajstić information content (AvgIpc) is 3.22. The lowest BCUT2D eigenvalue weighted by atomic mass is 9.81.